The highest BCUT2D eigenvalue weighted by Crippen LogP contribution is 2.32. The van der Waals surface area contributed by atoms with Gasteiger partial charge in [0.1, 0.15) is 6.10 Å². The maximum absolute atomic E-state index is 10.4. The van der Waals surface area contributed by atoms with Crippen LogP contribution in [-0.2, 0) is 0 Å². The Hall–Kier alpha value is -1.74. The van der Waals surface area contributed by atoms with Gasteiger partial charge in [0.05, 0.1) is 17.1 Å². The fourth-order valence-electron chi connectivity index (χ4n) is 2.11. The number of pyridine rings is 2. The Kier molecular flexibility index (Phi) is 4.43. The van der Waals surface area contributed by atoms with Crippen molar-refractivity contribution in [1.82, 2.24) is 9.97 Å². The van der Waals surface area contributed by atoms with Crippen LogP contribution in [0.4, 0.5) is 0 Å². The number of aliphatic hydroxyl groups excluding tert-OH is 1. The molecule has 0 radical (unpaired) electrons. The van der Waals surface area contributed by atoms with Crippen molar-refractivity contribution < 1.29 is 5.11 Å². The van der Waals surface area contributed by atoms with Crippen molar-refractivity contribution in [2.24, 2.45) is 5.41 Å². The molecule has 0 unspecified atom stereocenters. The molecule has 2 aromatic heterocycles. The molecule has 1 N–H and O–H groups in total. The quantitative estimate of drug-likeness (QED) is 0.911. The van der Waals surface area contributed by atoms with Gasteiger partial charge in [-0.3, -0.25) is 4.98 Å². The lowest BCUT2D eigenvalue weighted by Gasteiger charge is -2.25. The summed E-state index contributed by atoms with van der Waals surface area (Å²) in [5.41, 5.74) is 3.16. The van der Waals surface area contributed by atoms with Gasteiger partial charge >= 0.3 is 0 Å². The minimum absolute atomic E-state index is 0.237. The standard InChI is InChI=1S/C18H24N2O/c1-12(2)13-8-6-9-14(19-13)15-10-7-11-16(20-15)17(21)18(3,4)5/h6-12,17,21H,1-5H3/t17-/m1/s1. The molecule has 2 heterocycles. The van der Waals surface area contributed by atoms with E-state index >= 15 is 0 Å². The molecule has 1 atom stereocenters. The maximum atomic E-state index is 10.4. The van der Waals surface area contributed by atoms with Gasteiger partial charge < -0.3 is 5.11 Å². The molecule has 0 saturated carbocycles. The van der Waals surface area contributed by atoms with Crippen LogP contribution in [0.5, 0.6) is 0 Å². The Balaban J connectivity index is 2.40. The summed E-state index contributed by atoms with van der Waals surface area (Å²) in [6, 6.07) is 11.7. The lowest BCUT2D eigenvalue weighted by Crippen LogP contribution is -2.19. The fourth-order valence-corrected chi connectivity index (χ4v) is 2.11. The van der Waals surface area contributed by atoms with Crippen LogP contribution in [0.15, 0.2) is 36.4 Å². The number of rotatable bonds is 3. The first-order valence-corrected chi connectivity index (χ1v) is 7.41. The number of aromatic nitrogens is 2. The van der Waals surface area contributed by atoms with Gasteiger partial charge in [-0.2, -0.15) is 0 Å². The molecule has 0 aromatic carbocycles. The molecule has 0 aliphatic heterocycles. The Labute approximate surface area is 127 Å². The van der Waals surface area contributed by atoms with Crippen molar-refractivity contribution in [1.29, 1.82) is 0 Å². The van der Waals surface area contributed by atoms with Crippen LogP contribution in [-0.4, -0.2) is 15.1 Å². The Morgan fingerprint density at radius 1 is 0.857 bits per heavy atom. The van der Waals surface area contributed by atoms with Crippen LogP contribution >= 0.6 is 0 Å². The van der Waals surface area contributed by atoms with Crippen LogP contribution in [0.3, 0.4) is 0 Å². The molecule has 0 bridgehead atoms. The molecule has 2 rings (SSSR count). The van der Waals surface area contributed by atoms with Crippen LogP contribution < -0.4 is 0 Å². The second kappa shape index (κ2) is 5.94. The first kappa shape index (κ1) is 15.6. The van der Waals surface area contributed by atoms with Gasteiger partial charge in [-0.1, -0.05) is 46.8 Å². The van der Waals surface area contributed by atoms with E-state index in [1.807, 2.05) is 57.2 Å². The van der Waals surface area contributed by atoms with Crippen molar-refractivity contribution in [2.75, 3.05) is 0 Å². The molecule has 0 amide bonds. The predicted octanol–water partition coefficient (Wildman–Crippen LogP) is 4.35. The summed E-state index contributed by atoms with van der Waals surface area (Å²) in [7, 11) is 0. The van der Waals surface area contributed by atoms with Gasteiger partial charge in [0.2, 0.25) is 0 Å². The zero-order valence-electron chi connectivity index (χ0n) is 13.5. The van der Waals surface area contributed by atoms with Crippen molar-refractivity contribution in [3.63, 3.8) is 0 Å². The van der Waals surface area contributed by atoms with E-state index in [4.69, 9.17) is 0 Å². The Bertz CT molecular complexity index is 615. The summed E-state index contributed by atoms with van der Waals surface area (Å²) in [5.74, 6) is 0.383. The van der Waals surface area contributed by atoms with Crippen molar-refractivity contribution in [3.8, 4) is 11.4 Å². The molecule has 112 valence electrons. The maximum Gasteiger partial charge on any atom is 0.101 e. The van der Waals surface area contributed by atoms with E-state index in [1.165, 1.54) is 0 Å². The van der Waals surface area contributed by atoms with Crippen molar-refractivity contribution in [2.45, 2.75) is 46.6 Å². The van der Waals surface area contributed by atoms with Gasteiger partial charge in [0.25, 0.3) is 0 Å². The number of hydrogen-bond acceptors (Lipinski definition) is 3. The van der Waals surface area contributed by atoms with Gasteiger partial charge in [0, 0.05) is 5.69 Å². The molecule has 21 heavy (non-hydrogen) atoms. The van der Waals surface area contributed by atoms with Gasteiger partial charge in [-0.15, -0.1) is 0 Å². The Morgan fingerprint density at radius 2 is 1.33 bits per heavy atom. The summed E-state index contributed by atoms with van der Waals surface area (Å²) >= 11 is 0. The third-order valence-electron chi connectivity index (χ3n) is 3.50. The smallest absolute Gasteiger partial charge is 0.101 e. The third kappa shape index (κ3) is 3.67. The van der Waals surface area contributed by atoms with E-state index in [0.717, 1.165) is 17.1 Å². The number of nitrogens with zero attached hydrogens (tertiary/aromatic N) is 2. The van der Waals surface area contributed by atoms with E-state index < -0.39 is 6.10 Å². The molecule has 0 spiro atoms. The Morgan fingerprint density at radius 3 is 1.81 bits per heavy atom. The van der Waals surface area contributed by atoms with E-state index in [9.17, 15) is 5.11 Å². The van der Waals surface area contributed by atoms with E-state index in [-0.39, 0.29) is 5.41 Å². The average molecular weight is 284 g/mol. The zero-order chi connectivity index (χ0) is 15.6. The van der Waals surface area contributed by atoms with Crippen LogP contribution in [0.1, 0.15) is 58.0 Å². The second-order valence-corrected chi connectivity index (χ2v) is 6.82. The monoisotopic (exact) mass is 284 g/mol. The van der Waals surface area contributed by atoms with Crippen molar-refractivity contribution >= 4 is 0 Å². The molecule has 0 aliphatic rings. The van der Waals surface area contributed by atoms with E-state index in [0.29, 0.717) is 11.6 Å². The lowest BCUT2D eigenvalue weighted by atomic mass is 9.87. The molecule has 3 heteroatoms. The second-order valence-electron chi connectivity index (χ2n) is 6.82. The zero-order valence-corrected chi connectivity index (χ0v) is 13.5. The highest BCUT2D eigenvalue weighted by atomic mass is 16.3. The molecule has 0 fully saturated rings. The summed E-state index contributed by atoms with van der Waals surface area (Å²) in [4.78, 5) is 9.26. The average Bonchev–Trinajstić information content (AvgIpc) is 2.45. The third-order valence-corrected chi connectivity index (χ3v) is 3.50. The topological polar surface area (TPSA) is 46.0 Å². The highest BCUT2D eigenvalue weighted by molar-refractivity contribution is 5.54. The number of hydrogen-bond donors (Lipinski definition) is 1. The summed E-state index contributed by atoms with van der Waals surface area (Å²) in [6.45, 7) is 10.3. The molecule has 0 saturated heterocycles. The summed E-state index contributed by atoms with van der Waals surface area (Å²) in [5, 5.41) is 10.4. The van der Waals surface area contributed by atoms with E-state index in [1.54, 1.807) is 0 Å². The molecular weight excluding hydrogens is 260 g/mol. The first-order valence-electron chi connectivity index (χ1n) is 7.41. The van der Waals surface area contributed by atoms with E-state index in [2.05, 4.69) is 23.8 Å². The highest BCUT2D eigenvalue weighted by Gasteiger charge is 2.25. The van der Waals surface area contributed by atoms with Crippen LogP contribution in [0, 0.1) is 5.41 Å². The van der Waals surface area contributed by atoms with Gasteiger partial charge in [-0.25, -0.2) is 4.98 Å². The van der Waals surface area contributed by atoms with Crippen LogP contribution in [0.25, 0.3) is 11.4 Å². The minimum atomic E-state index is -0.592. The largest absolute Gasteiger partial charge is 0.386 e. The minimum Gasteiger partial charge on any atom is -0.386 e. The SMILES string of the molecule is CC(C)c1cccc(-c2cccc([C@@H](O)C(C)(C)C)n2)n1. The number of aliphatic hydroxyl groups is 1. The molecular formula is C18H24N2O. The predicted molar refractivity (Wildman–Crippen MR) is 86.0 cm³/mol. The van der Waals surface area contributed by atoms with Gasteiger partial charge in [0.15, 0.2) is 0 Å². The van der Waals surface area contributed by atoms with Gasteiger partial charge in [-0.05, 0) is 35.6 Å². The normalized spacial score (nSPS) is 13.5. The molecule has 0 aliphatic carbocycles. The molecule has 3 nitrogen and oxygen atoms in total. The summed E-state index contributed by atoms with van der Waals surface area (Å²) < 4.78 is 0. The lowest BCUT2D eigenvalue weighted by molar-refractivity contribution is 0.0590. The first-order chi connectivity index (χ1) is 9.79. The van der Waals surface area contributed by atoms with Crippen LogP contribution in [0.2, 0.25) is 0 Å². The summed E-state index contributed by atoms with van der Waals surface area (Å²) in [6.07, 6.45) is -0.592. The fraction of sp³-hybridized carbons (Fsp3) is 0.444. The van der Waals surface area contributed by atoms with Crippen molar-refractivity contribution in [3.05, 3.63) is 47.8 Å². The molecule has 2 aromatic rings.